The van der Waals surface area contributed by atoms with Gasteiger partial charge in [-0.1, -0.05) is 60.7 Å². The number of carbonyl (C=O) groups is 1. The Kier molecular flexibility index (Phi) is 7.44. The summed E-state index contributed by atoms with van der Waals surface area (Å²) in [4.78, 5) is 17.8. The number of likely N-dealkylation sites (tertiary alicyclic amines) is 1. The van der Waals surface area contributed by atoms with Crippen molar-refractivity contribution in [3.63, 3.8) is 0 Å². The van der Waals surface area contributed by atoms with Gasteiger partial charge in [0.15, 0.2) is 0 Å². The van der Waals surface area contributed by atoms with Crippen molar-refractivity contribution in [3.8, 4) is 5.69 Å². The number of aryl methyl sites for hydroxylation is 1. The minimum atomic E-state index is -4.12. The predicted octanol–water partition coefficient (Wildman–Crippen LogP) is 5.52. The van der Waals surface area contributed by atoms with E-state index in [0.717, 1.165) is 35.2 Å². The van der Waals surface area contributed by atoms with Crippen LogP contribution in [-0.4, -0.2) is 51.4 Å². The largest absolute Gasteiger partial charge is 0.391 e. The number of carbonyl (C=O) groups excluding carboxylic acids is 1. The Morgan fingerprint density at radius 3 is 2.33 bits per heavy atom. The van der Waals surface area contributed by atoms with Crippen molar-refractivity contribution in [1.82, 2.24) is 19.7 Å². The van der Waals surface area contributed by atoms with E-state index < -0.39 is 18.0 Å². The summed E-state index contributed by atoms with van der Waals surface area (Å²) in [5.41, 5.74) is 9.26. The molecule has 2 aliphatic rings. The van der Waals surface area contributed by atoms with E-state index in [1.807, 2.05) is 42.5 Å². The van der Waals surface area contributed by atoms with Crippen LogP contribution < -0.4 is 5.73 Å². The molecule has 0 spiro atoms. The van der Waals surface area contributed by atoms with Crippen molar-refractivity contribution in [2.45, 2.75) is 38.8 Å². The average molecular weight is 536 g/mol. The van der Waals surface area contributed by atoms with Gasteiger partial charge >= 0.3 is 6.18 Å². The zero-order valence-corrected chi connectivity index (χ0v) is 21.9. The van der Waals surface area contributed by atoms with Crippen LogP contribution in [0.2, 0.25) is 0 Å². The maximum atomic E-state index is 13.2. The molecule has 0 saturated carbocycles. The topological polar surface area (TPSA) is 77.0 Å². The highest BCUT2D eigenvalue weighted by molar-refractivity contribution is 5.88. The Morgan fingerprint density at radius 1 is 1.08 bits per heavy atom. The fraction of sp³-hybridized carbons (Fsp3) is 0.367. The van der Waals surface area contributed by atoms with Gasteiger partial charge in [-0.05, 0) is 74.5 Å². The second kappa shape index (κ2) is 10.8. The highest BCUT2D eigenvalue weighted by atomic mass is 19.4. The summed E-state index contributed by atoms with van der Waals surface area (Å²) in [6.07, 6.45) is 4.35. The van der Waals surface area contributed by atoms with E-state index in [1.165, 1.54) is 0 Å². The van der Waals surface area contributed by atoms with Crippen molar-refractivity contribution < 1.29 is 18.0 Å². The highest BCUT2D eigenvalue weighted by Crippen LogP contribution is 2.40. The number of hydrogen-bond donors (Lipinski definition) is 1. The van der Waals surface area contributed by atoms with E-state index >= 15 is 0 Å². The number of halogens is 3. The molecule has 2 aromatic carbocycles. The lowest BCUT2D eigenvalue weighted by molar-refractivity contribution is -0.185. The molecule has 1 saturated heterocycles. The van der Waals surface area contributed by atoms with Crippen LogP contribution >= 0.6 is 0 Å². The first-order chi connectivity index (χ1) is 18.6. The summed E-state index contributed by atoms with van der Waals surface area (Å²) in [6.45, 7) is 3.34. The number of nitrogens with two attached hydrogens (primary N) is 1. The molecular weight excluding hydrogens is 503 g/mol. The van der Waals surface area contributed by atoms with Gasteiger partial charge in [0.2, 0.25) is 5.82 Å². The number of nitrogens with zero attached hydrogens (tertiary/aromatic N) is 4. The van der Waals surface area contributed by atoms with Gasteiger partial charge < -0.3 is 10.6 Å². The number of benzene rings is 2. The van der Waals surface area contributed by atoms with Gasteiger partial charge in [0.25, 0.3) is 5.91 Å². The van der Waals surface area contributed by atoms with Crippen molar-refractivity contribution in [1.29, 1.82) is 0 Å². The molecule has 1 atom stereocenters. The number of aromatic nitrogens is 3. The maximum absolute atomic E-state index is 13.2. The lowest BCUT2D eigenvalue weighted by Crippen LogP contribution is -2.44. The first-order valence-corrected chi connectivity index (χ1v) is 13.2. The summed E-state index contributed by atoms with van der Waals surface area (Å²) in [6, 6.07) is 18.1. The molecule has 1 aliphatic heterocycles. The molecule has 5 rings (SSSR count). The van der Waals surface area contributed by atoms with E-state index in [0.29, 0.717) is 25.5 Å². The molecule has 1 aromatic heterocycles. The normalized spacial score (nSPS) is 20.7. The average Bonchev–Trinajstić information content (AvgIpc) is 3.32. The van der Waals surface area contributed by atoms with Gasteiger partial charge in [0.05, 0.1) is 11.6 Å². The molecule has 1 fully saturated rings. The monoisotopic (exact) mass is 535 g/mol. The van der Waals surface area contributed by atoms with Gasteiger partial charge in [-0.3, -0.25) is 4.79 Å². The molecule has 2 N–H and O–H groups in total. The number of primary amides is 1. The zero-order valence-electron chi connectivity index (χ0n) is 21.9. The molecule has 1 amide bonds. The minimum Gasteiger partial charge on any atom is -0.363 e. The zero-order chi connectivity index (χ0) is 27.6. The predicted molar refractivity (Wildman–Crippen MR) is 144 cm³/mol. The molecular formula is C30H32F3N5O. The van der Waals surface area contributed by atoms with E-state index in [9.17, 15) is 18.0 Å². The van der Waals surface area contributed by atoms with Crippen LogP contribution in [0.15, 0.2) is 72.8 Å². The van der Waals surface area contributed by atoms with Gasteiger partial charge in [-0.15, -0.1) is 5.10 Å². The molecule has 3 aromatic rings. The Bertz CT molecular complexity index is 1370. The van der Waals surface area contributed by atoms with Crippen LogP contribution in [-0.2, 0) is 6.42 Å². The third-order valence-electron chi connectivity index (χ3n) is 7.77. The third kappa shape index (κ3) is 6.14. The summed E-state index contributed by atoms with van der Waals surface area (Å²) in [5.74, 6) is -1.36. The van der Waals surface area contributed by atoms with Crippen molar-refractivity contribution in [2.75, 3.05) is 19.6 Å². The smallest absolute Gasteiger partial charge is 0.363 e. The lowest BCUT2D eigenvalue weighted by Gasteiger charge is -2.41. The van der Waals surface area contributed by atoms with Crippen molar-refractivity contribution in [2.24, 2.45) is 17.1 Å². The molecule has 1 unspecified atom stereocenters. The summed E-state index contributed by atoms with van der Waals surface area (Å²) < 4.78 is 41.3. The molecule has 2 heterocycles. The SMILES string of the molecule is Cc1nc(C(N)=O)nn1-c1ccc(CC2(CN3CCC(C(F)(F)F)CC3)C=CC(c3ccccc3)=CC2)cc1. The fourth-order valence-corrected chi connectivity index (χ4v) is 5.63. The summed E-state index contributed by atoms with van der Waals surface area (Å²) in [5, 5.41) is 4.20. The molecule has 0 radical (unpaired) electrons. The van der Waals surface area contributed by atoms with E-state index in [-0.39, 0.29) is 24.1 Å². The van der Waals surface area contributed by atoms with E-state index in [2.05, 4.69) is 45.3 Å². The Morgan fingerprint density at radius 2 is 1.77 bits per heavy atom. The van der Waals surface area contributed by atoms with Crippen LogP contribution in [0.3, 0.4) is 0 Å². The number of allylic oxidation sites excluding steroid dienone is 3. The Labute approximate surface area is 226 Å². The number of rotatable bonds is 7. The van der Waals surface area contributed by atoms with Crippen LogP contribution in [0.5, 0.6) is 0 Å². The standard InChI is InChI=1S/C30H32F3N5O/c1-21-35-28(27(34)39)36-38(21)26-9-7-22(8-10-26)19-29(20-37-17-13-25(14-18-37)30(31,32)33)15-11-24(12-16-29)23-5-3-2-4-6-23/h2-12,15,25H,13-14,16-20H2,1H3,(H2,34,39). The van der Waals surface area contributed by atoms with Gasteiger partial charge in [-0.25, -0.2) is 9.67 Å². The molecule has 204 valence electrons. The van der Waals surface area contributed by atoms with Crippen molar-refractivity contribution in [3.05, 3.63) is 95.6 Å². The van der Waals surface area contributed by atoms with Crippen LogP contribution in [0.1, 0.15) is 46.8 Å². The Hall–Kier alpha value is -3.72. The molecule has 39 heavy (non-hydrogen) atoms. The van der Waals surface area contributed by atoms with Crippen LogP contribution in [0, 0.1) is 18.3 Å². The van der Waals surface area contributed by atoms with E-state index in [4.69, 9.17) is 5.73 Å². The number of piperidine rings is 1. The van der Waals surface area contributed by atoms with Crippen LogP contribution in [0.4, 0.5) is 13.2 Å². The lowest BCUT2D eigenvalue weighted by atomic mass is 9.74. The van der Waals surface area contributed by atoms with Gasteiger partial charge in [-0.2, -0.15) is 13.2 Å². The van der Waals surface area contributed by atoms with Gasteiger partial charge in [0.1, 0.15) is 5.82 Å². The molecule has 9 heteroatoms. The van der Waals surface area contributed by atoms with E-state index in [1.54, 1.807) is 11.6 Å². The third-order valence-corrected chi connectivity index (χ3v) is 7.77. The van der Waals surface area contributed by atoms with Gasteiger partial charge in [0, 0.05) is 12.0 Å². The molecule has 6 nitrogen and oxygen atoms in total. The first-order valence-electron chi connectivity index (χ1n) is 13.2. The summed E-state index contributed by atoms with van der Waals surface area (Å²) in [7, 11) is 0. The maximum Gasteiger partial charge on any atom is 0.391 e. The number of amides is 1. The summed E-state index contributed by atoms with van der Waals surface area (Å²) >= 11 is 0. The molecule has 0 bridgehead atoms. The quantitative estimate of drug-likeness (QED) is 0.432. The number of alkyl halides is 3. The second-order valence-corrected chi connectivity index (χ2v) is 10.6. The minimum absolute atomic E-state index is 0.0295. The highest BCUT2D eigenvalue weighted by Gasteiger charge is 2.42. The number of hydrogen-bond acceptors (Lipinski definition) is 4. The van der Waals surface area contributed by atoms with Crippen LogP contribution in [0.25, 0.3) is 11.3 Å². The first kappa shape index (κ1) is 26.9. The fourth-order valence-electron chi connectivity index (χ4n) is 5.63. The Balaban J connectivity index is 1.36. The second-order valence-electron chi connectivity index (χ2n) is 10.6. The molecule has 1 aliphatic carbocycles. The van der Waals surface area contributed by atoms with Crippen molar-refractivity contribution >= 4 is 11.5 Å².